The highest BCUT2D eigenvalue weighted by molar-refractivity contribution is 5.78. The highest BCUT2D eigenvalue weighted by Crippen LogP contribution is 2.12. The lowest BCUT2D eigenvalue weighted by Gasteiger charge is -2.17. The molecule has 0 unspecified atom stereocenters. The summed E-state index contributed by atoms with van der Waals surface area (Å²) in [5.41, 5.74) is 2.14. The molecule has 0 spiro atoms. The van der Waals surface area contributed by atoms with Gasteiger partial charge in [-0.25, -0.2) is 4.98 Å². The Morgan fingerprint density at radius 1 is 1.15 bits per heavy atom. The Kier molecular flexibility index (Phi) is 5.17. The number of aryl methyl sites for hydroxylation is 1. The molecule has 3 aromatic heterocycles. The normalized spacial score (nSPS) is 10.5. The molecule has 7 nitrogen and oxygen atoms in total. The summed E-state index contributed by atoms with van der Waals surface area (Å²) in [6.45, 7) is 2.19. The molecule has 7 heteroatoms. The zero-order valence-corrected chi connectivity index (χ0v) is 14.6. The van der Waals surface area contributed by atoms with Gasteiger partial charge in [-0.05, 0) is 36.8 Å². The summed E-state index contributed by atoms with van der Waals surface area (Å²) in [5, 5.41) is 0. The second kappa shape index (κ2) is 7.69. The third kappa shape index (κ3) is 4.00. The van der Waals surface area contributed by atoms with Crippen molar-refractivity contribution in [3.05, 3.63) is 76.1 Å². The van der Waals surface area contributed by atoms with E-state index in [1.54, 1.807) is 49.6 Å². The quantitative estimate of drug-likeness (QED) is 0.757. The highest BCUT2D eigenvalue weighted by Gasteiger charge is 2.16. The molecule has 1 N–H and O–H groups in total. The Labute approximate surface area is 150 Å². The van der Waals surface area contributed by atoms with Crippen LogP contribution in [0, 0.1) is 6.92 Å². The van der Waals surface area contributed by atoms with Crippen LogP contribution >= 0.6 is 0 Å². The van der Waals surface area contributed by atoms with Crippen LogP contribution in [0.1, 0.15) is 16.8 Å². The van der Waals surface area contributed by atoms with E-state index in [4.69, 9.17) is 0 Å². The van der Waals surface area contributed by atoms with Crippen molar-refractivity contribution in [3.63, 3.8) is 0 Å². The van der Waals surface area contributed by atoms with E-state index in [2.05, 4.69) is 19.9 Å². The molecular weight excluding hydrogens is 330 g/mol. The number of rotatable bonds is 5. The van der Waals surface area contributed by atoms with Gasteiger partial charge in [0.1, 0.15) is 5.69 Å². The molecule has 0 saturated heterocycles. The fraction of sp³-hybridized carbons (Fsp3) is 0.211. The monoisotopic (exact) mass is 349 g/mol. The van der Waals surface area contributed by atoms with Gasteiger partial charge in [0, 0.05) is 43.4 Å². The molecule has 0 saturated carbocycles. The molecule has 0 aliphatic heterocycles. The lowest BCUT2D eigenvalue weighted by Crippen LogP contribution is -2.30. The minimum Gasteiger partial charge on any atom is -0.341 e. The molecule has 3 aromatic rings. The van der Waals surface area contributed by atoms with Crippen molar-refractivity contribution in [2.75, 3.05) is 7.05 Å². The third-order valence-electron chi connectivity index (χ3n) is 4.05. The van der Waals surface area contributed by atoms with E-state index in [-0.39, 0.29) is 17.9 Å². The van der Waals surface area contributed by atoms with E-state index in [0.29, 0.717) is 29.3 Å². The lowest BCUT2D eigenvalue weighted by molar-refractivity contribution is -0.129. The van der Waals surface area contributed by atoms with Gasteiger partial charge < -0.3 is 9.88 Å². The van der Waals surface area contributed by atoms with E-state index in [1.807, 2.05) is 18.2 Å². The molecule has 0 atom stereocenters. The van der Waals surface area contributed by atoms with Crippen molar-refractivity contribution in [1.82, 2.24) is 24.8 Å². The first-order valence-electron chi connectivity index (χ1n) is 8.18. The summed E-state index contributed by atoms with van der Waals surface area (Å²) >= 11 is 0. The van der Waals surface area contributed by atoms with Gasteiger partial charge >= 0.3 is 0 Å². The van der Waals surface area contributed by atoms with Crippen LogP contribution in [0.15, 0.2) is 53.7 Å². The van der Waals surface area contributed by atoms with Crippen LogP contribution in [0.2, 0.25) is 0 Å². The first-order valence-corrected chi connectivity index (χ1v) is 8.18. The van der Waals surface area contributed by atoms with Crippen LogP contribution in [0.5, 0.6) is 0 Å². The smallest absolute Gasteiger partial charge is 0.255 e. The number of nitrogens with zero attached hydrogens (tertiary/aromatic N) is 4. The number of aromatic amines is 1. The van der Waals surface area contributed by atoms with Gasteiger partial charge in [0.15, 0.2) is 5.82 Å². The van der Waals surface area contributed by atoms with Crippen molar-refractivity contribution in [2.24, 2.45) is 0 Å². The third-order valence-corrected chi connectivity index (χ3v) is 4.05. The maximum Gasteiger partial charge on any atom is 0.255 e. The van der Waals surface area contributed by atoms with Crippen molar-refractivity contribution < 1.29 is 4.79 Å². The first kappa shape index (κ1) is 17.5. The van der Waals surface area contributed by atoms with Crippen LogP contribution in [-0.2, 0) is 17.8 Å². The summed E-state index contributed by atoms with van der Waals surface area (Å²) in [6, 6.07) is 9.09. The van der Waals surface area contributed by atoms with Crippen LogP contribution in [0.3, 0.4) is 0 Å². The van der Waals surface area contributed by atoms with E-state index < -0.39 is 0 Å². The van der Waals surface area contributed by atoms with Crippen LogP contribution < -0.4 is 5.56 Å². The zero-order valence-electron chi connectivity index (χ0n) is 14.6. The number of hydrogen-bond acceptors (Lipinski definition) is 5. The number of H-pyrrole nitrogens is 1. The summed E-state index contributed by atoms with van der Waals surface area (Å²) in [4.78, 5) is 41.8. The largest absolute Gasteiger partial charge is 0.341 e. The van der Waals surface area contributed by atoms with Crippen LogP contribution in [0.25, 0.3) is 11.5 Å². The Bertz CT molecular complexity index is 955. The summed E-state index contributed by atoms with van der Waals surface area (Å²) < 4.78 is 0. The molecule has 132 valence electrons. The topological polar surface area (TPSA) is 91.8 Å². The number of carbonyl (C=O) groups excluding carboxylic acids is 1. The average molecular weight is 349 g/mol. The average Bonchev–Trinajstić information content (AvgIpc) is 2.66. The van der Waals surface area contributed by atoms with Gasteiger partial charge in [-0.3, -0.25) is 19.6 Å². The van der Waals surface area contributed by atoms with Gasteiger partial charge in [-0.15, -0.1) is 0 Å². The fourth-order valence-corrected chi connectivity index (χ4v) is 2.58. The molecule has 3 heterocycles. The molecule has 0 aliphatic rings. The van der Waals surface area contributed by atoms with E-state index >= 15 is 0 Å². The molecule has 26 heavy (non-hydrogen) atoms. The minimum absolute atomic E-state index is 0.00174. The number of likely N-dealkylation sites (N-methyl/N-ethyl adjacent to an activating group) is 1. The molecule has 0 fully saturated rings. The Morgan fingerprint density at radius 3 is 2.58 bits per heavy atom. The first-order chi connectivity index (χ1) is 12.5. The van der Waals surface area contributed by atoms with E-state index in [9.17, 15) is 9.59 Å². The van der Waals surface area contributed by atoms with Crippen molar-refractivity contribution in [1.29, 1.82) is 0 Å². The zero-order chi connectivity index (χ0) is 18.5. The van der Waals surface area contributed by atoms with Crippen molar-refractivity contribution >= 4 is 5.91 Å². The maximum atomic E-state index is 12.5. The van der Waals surface area contributed by atoms with Crippen LogP contribution in [-0.4, -0.2) is 37.8 Å². The predicted octanol–water partition coefficient (Wildman–Crippen LogP) is 1.74. The lowest BCUT2D eigenvalue weighted by atomic mass is 10.1. The number of amides is 1. The molecule has 0 aliphatic carbocycles. The number of aromatic nitrogens is 4. The number of pyridine rings is 2. The van der Waals surface area contributed by atoms with Crippen molar-refractivity contribution in [3.8, 4) is 11.5 Å². The number of nitrogens with one attached hydrogen (secondary N) is 1. The Hall–Kier alpha value is -3.35. The highest BCUT2D eigenvalue weighted by atomic mass is 16.2. The summed E-state index contributed by atoms with van der Waals surface area (Å²) in [6.07, 6.45) is 5.00. The van der Waals surface area contributed by atoms with Crippen LogP contribution in [0.4, 0.5) is 0 Å². The van der Waals surface area contributed by atoms with Gasteiger partial charge in [-0.2, -0.15) is 0 Å². The molecule has 0 radical (unpaired) electrons. The predicted molar refractivity (Wildman–Crippen MR) is 97.2 cm³/mol. The van der Waals surface area contributed by atoms with Gasteiger partial charge in [0.25, 0.3) is 5.56 Å². The second-order valence-electron chi connectivity index (χ2n) is 5.98. The molecule has 3 rings (SSSR count). The summed E-state index contributed by atoms with van der Waals surface area (Å²) in [5.74, 6) is 0.247. The SMILES string of the molecule is Cc1nc(-c2ccccn2)[nH]c(=O)c1CC(=O)N(C)Cc1ccncc1. The van der Waals surface area contributed by atoms with Gasteiger partial charge in [-0.1, -0.05) is 6.07 Å². The van der Waals surface area contributed by atoms with E-state index in [1.165, 1.54) is 0 Å². The molecule has 1 amide bonds. The van der Waals surface area contributed by atoms with E-state index in [0.717, 1.165) is 5.56 Å². The molecule has 0 aromatic carbocycles. The maximum absolute atomic E-state index is 12.5. The Balaban J connectivity index is 1.77. The number of hydrogen-bond donors (Lipinski definition) is 1. The molecule has 0 bridgehead atoms. The Morgan fingerprint density at radius 2 is 1.92 bits per heavy atom. The van der Waals surface area contributed by atoms with Gasteiger partial charge in [0.2, 0.25) is 5.91 Å². The summed E-state index contributed by atoms with van der Waals surface area (Å²) in [7, 11) is 1.71. The standard InChI is InChI=1S/C19H19N5O2/c1-13-15(11-17(25)24(2)12-14-6-9-20-10-7-14)19(26)23-18(22-13)16-5-3-4-8-21-16/h3-10H,11-12H2,1-2H3,(H,22,23,26). The van der Waals surface area contributed by atoms with Crippen molar-refractivity contribution in [2.45, 2.75) is 19.9 Å². The van der Waals surface area contributed by atoms with Gasteiger partial charge in [0.05, 0.1) is 6.42 Å². The fourth-order valence-electron chi connectivity index (χ4n) is 2.58. The molecular formula is C19H19N5O2. The minimum atomic E-state index is -0.316. The second-order valence-corrected chi connectivity index (χ2v) is 5.98. The number of carbonyl (C=O) groups is 1.